The van der Waals surface area contributed by atoms with E-state index in [1.54, 1.807) is 0 Å². The maximum atomic E-state index is 6.14. The molecule has 5 heteroatoms. The molecular formula is C14H23N3OS. The van der Waals surface area contributed by atoms with Gasteiger partial charge in [-0.2, -0.15) is 16.9 Å². The zero-order valence-electron chi connectivity index (χ0n) is 11.6. The van der Waals surface area contributed by atoms with Gasteiger partial charge in [0.25, 0.3) is 0 Å². The first-order valence-corrected chi connectivity index (χ1v) is 8.34. The number of aryl methyl sites for hydroxylation is 1. The molecule has 0 aliphatic carbocycles. The van der Waals surface area contributed by atoms with Crippen molar-refractivity contribution in [3.05, 3.63) is 17.5 Å². The van der Waals surface area contributed by atoms with E-state index in [1.807, 2.05) is 6.92 Å². The second-order valence-corrected chi connectivity index (χ2v) is 6.94. The van der Waals surface area contributed by atoms with Crippen LogP contribution in [-0.2, 0) is 11.3 Å². The molecule has 2 fully saturated rings. The predicted octanol–water partition coefficient (Wildman–Crippen LogP) is 2.27. The summed E-state index contributed by atoms with van der Waals surface area (Å²) in [5.74, 6) is 2.47. The predicted molar refractivity (Wildman–Crippen MR) is 78.4 cm³/mol. The molecule has 1 spiro atoms. The van der Waals surface area contributed by atoms with E-state index in [-0.39, 0.29) is 5.60 Å². The lowest BCUT2D eigenvalue weighted by molar-refractivity contribution is -0.100. The number of rotatable bonds is 2. The minimum Gasteiger partial charge on any atom is -0.375 e. The van der Waals surface area contributed by atoms with Gasteiger partial charge in [0, 0.05) is 24.9 Å². The SMILES string of the molecule is Cc1nn(C2CCOC3(CCSCC3)C2)cc1CN. The van der Waals surface area contributed by atoms with Crippen molar-refractivity contribution < 1.29 is 4.74 Å². The van der Waals surface area contributed by atoms with Gasteiger partial charge < -0.3 is 10.5 Å². The van der Waals surface area contributed by atoms with Crippen LogP contribution in [0.15, 0.2) is 6.20 Å². The summed E-state index contributed by atoms with van der Waals surface area (Å²) in [5.41, 5.74) is 8.11. The molecule has 3 heterocycles. The van der Waals surface area contributed by atoms with Crippen LogP contribution in [0.1, 0.15) is 43.0 Å². The average Bonchev–Trinajstić information content (AvgIpc) is 2.81. The number of thioether (sulfide) groups is 1. The molecule has 106 valence electrons. The topological polar surface area (TPSA) is 53.1 Å². The van der Waals surface area contributed by atoms with E-state index in [1.165, 1.54) is 29.9 Å². The van der Waals surface area contributed by atoms with E-state index in [4.69, 9.17) is 10.5 Å². The van der Waals surface area contributed by atoms with Crippen molar-refractivity contribution in [2.45, 2.75) is 50.8 Å². The fourth-order valence-corrected chi connectivity index (χ4v) is 4.46. The molecule has 2 N–H and O–H groups in total. The van der Waals surface area contributed by atoms with Crippen LogP contribution in [0.3, 0.4) is 0 Å². The maximum absolute atomic E-state index is 6.14. The van der Waals surface area contributed by atoms with Crippen LogP contribution in [0.25, 0.3) is 0 Å². The Morgan fingerprint density at radius 2 is 2.32 bits per heavy atom. The van der Waals surface area contributed by atoms with Crippen molar-refractivity contribution in [2.24, 2.45) is 5.73 Å². The largest absolute Gasteiger partial charge is 0.375 e. The van der Waals surface area contributed by atoms with Crippen LogP contribution in [-0.4, -0.2) is 33.5 Å². The van der Waals surface area contributed by atoms with E-state index in [0.717, 1.165) is 25.1 Å². The van der Waals surface area contributed by atoms with Crippen LogP contribution in [0.4, 0.5) is 0 Å². The third kappa shape index (κ3) is 2.69. The number of ether oxygens (including phenoxy) is 1. The van der Waals surface area contributed by atoms with Gasteiger partial charge in [0.05, 0.1) is 17.3 Å². The summed E-state index contributed by atoms with van der Waals surface area (Å²) in [6, 6.07) is 0.482. The standard InChI is InChI=1S/C14H23N3OS/c1-11-12(9-15)10-17(16-11)13-2-5-18-14(8-13)3-6-19-7-4-14/h10,13H,2-9,15H2,1H3. The van der Waals surface area contributed by atoms with Gasteiger partial charge in [-0.15, -0.1) is 0 Å². The Bertz CT molecular complexity index is 434. The summed E-state index contributed by atoms with van der Waals surface area (Å²) in [6.45, 7) is 3.49. The van der Waals surface area contributed by atoms with Crippen LogP contribution in [0, 0.1) is 6.92 Å². The Balaban J connectivity index is 1.76. The van der Waals surface area contributed by atoms with E-state index in [9.17, 15) is 0 Å². The van der Waals surface area contributed by atoms with Crippen LogP contribution >= 0.6 is 11.8 Å². The molecule has 1 aromatic rings. The molecule has 19 heavy (non-hydrogen) atoms. The number of hydrogen-bond donors (Lipinski definition) is 1. The van der Waals surface area contributed by atoms with E-state index in [2.05, 4.69) is 27.7 Å². The van der Waals surface area contributed by atoms with Gasteiger partial charge >= 0.3 is 0 Å². The Labute approximate surface area is 119 Å². The van der Waals surface area contributed by atoms with Crippen molar-refractivity contribution >= 4 is 11.8 Å². The fourth-order valence-electron chi connectivity index (χ4n) is 3.23. The molecule has 0 radical (unpaired) electrons. The average molecular weight is 281 g/mol. The van der Waals surface area contributed by atoms with Crippen LogP contribution < -0.4 is 5.73 Å². The lowest BCUT2D eigenvalue weighted by Gasteiger charge is -2.43. The fraction of sp³-hybridized carbons (Fsp3) is 0.786. The molecule has 0 aromatic carbocycles. The molecule has 4 nitrogen and oxygen atoms in total. The first kappa shape index (κ1) is 13.5. The highest BCUT2D eigenvalue weighted by atomic mass is 32.2. The summed E-state index contributed by atoms with van der Waals surface area (Å²) in [4.78, 5) is 0. The number of aromatic nitrogens is 2. The van der Waals surface area contributed by atoms with Crippen molar-refractivity contribution in [1.82, 2.24) is 9.78 Å². The van der Waals surface area contributed by atoms with E-state index >= 15 is 0 Å². The maximum Gasteiger partial charge on any atom is 0.0718 e. The third-order valence-electron chi connectivity index (χ3n) is 4.48. The van der Waals surface area contributed by atoms with Crippen molar-refractivity contribution in [3.8, 4) is 0 Å². The first-order chi connectivity index (χ1) is 9.22. The van der Waals surface area contributed by atoms with Crippen LogP contribution in [0.2, 0.25) is 0 Å². The van der Waals surface area contributed by atoms with Gasteiger partial charge in [0.15, 0.2) is 0 Å². The van der Waals surface area contributed by atoms with Gasteiger partial charge in [-0.05, 0) is 44.1 Å². The molecule has 2 aliphatic rings. The van der Waals surface area contributed by atoms with Crippen molar-refractivity contribution in [3.63, 3.8) is 0 Å². The van der Waals surface area contributed by atoms with Crippen LogP contribution in [0.5, 0.6) is 0 Å². The molecule has 1 atom stereocenters. The van der Waals surface area contributed by atoms with Gasteiger partial charge in [-0.3, -0.25) is 4.68 Å². The van der Waals surface area contributed by atoms with E-state index < -0.39 is 0 Å². The first-order valence-electron chi connectivity index (χ1n) is 7.19. The van der Waals surface area contributed by atoms with E-state index in [0.29, 0.717) is 12.6 Å². The van der Waals surface area contributed by atoms with Gasteiger partial charge in [0.1, 0.15) is 0 Å². The smallest absolute Gasteiger partial charge is 0.0718 e. The second-order valence-electron chi connectivity index (χ2n) is 5.71. The zero-order chi connectivity index (χ0) is 13.3. The highest BCUT2D eigenvalue weighted by Gasteiger charge is 2.39. The van der Waals surface area contributed by atoms with Gasteiger partial charge in [0.2, 0.25) is 0 Å². The molecule has 0 saturated carbocycles. The Hall–Kier alpha value is -0.520. The number of nitrogens with two attached hydrogens (primary N) is 1. The van der Waals surface area contributed by atoms with Gasteiger partial charge in [-0.1, -0.05) is 0 Å². The highest BCUT2D eigenvalue weighted by Crippen LogP contribution is 2.41. The Morgan fingerprint density at radius 1 is 1.53 bits per heavy atom. The number of hydrogen-bond acceptors (Lipinski definition) is 4. The molecule has 3 rings (SSSR count). The Kier molecular flexibility index (Phi) is 3.87. The second kappa shape index (κ2) is 5.46. The molecule has 0 amide bonds. The molecule has 2 saturated heterocycles. The van der Waals surface area contributed by atoms with Crippen molar-refractivity contribution in [1.29, 1.82) is 0 Å². The third-order valence-corrected chi connectivity index (χ3v) is 5.47. The van der Waals surface area contributed by atoms with Gasteiger partial charge in [-0.25, -0.2) is 0 Å². The molecule has 1 aromatic heterocycles. The highest BCUT2D eigenvalue weighted by molar-refractivity contribution is 7.99. The van der Waals surface area contributed by atoms with Crippen molar-refractivity contribution in [2.75, 3.05) is 18.1 Å². The zero-order valence-corrected chi connectivity index (χ0v) is 12.4. The molecule has 0 bridgehead atoms. The summed E-state index contributed by atoms with van der Waals surface area (Å²) in [5, 5.41) is 4.66. The number of nitrogens with zero attached hydrogens (tertiary/aromatic N) is 2. The Morgan fingerprint density at radius 3 is 3.00 bits per heavy atom. The summed E-state index contributed by atoms with van der Waals surface area (Å²) in [7, 11) is 0. The minimum atomic E-state index is 0.122. The summed E-state index contributed by atoms with van der Waals surface area (Å²) in [6.07, 6.45) is 6.70. The lowest BCUT2D eigenvalue weighted by Crippen LogP contribution is -2.43. The summed E-state index contributed by atoms with van der Waals surface area (Å²) < 4.78 is 8.28. The minimum absolute atomic E-state index is 0.122. The molecule has 2 aliphatic heterocycles. The molecule has 1 unspecified atom stereocenters. The molecular weight excluding hydrogens is 258 g/mol. The monoisotopic (exact) mass is 281 g/mol. The summed E-state index contributed by atoms with van der Waals surface area (Å²) >= 11 is 2.05. The quantitative estimate of drug-likeness (QED) is 0.903. The normalized spacial score (nSPS) is 26.7. The lowest BCUT2D eigenvalue weighted by atomic mass is 9.85.